The van der Waals surface area contributed by atoms with Crippen LogP contribution in [0.3, 0.4) is 0 Å². The summed E-state index contributed by atoms with van der Waals surface area (Å²) in [6.07, 6.45) is 1.62. The highest BCUT2D eigenvalue weighted by Gasteiger charge is 2.00. The molecule has 2 N–H and O–H groups in total. The molecule has 0 spiro atoms. The largest absolute Gasteiger partial charge is 0.477 e. The minimum absolute atomic E-state index is 0.136. The van der Waals surface area contributed by atoms with Crippen molar-refractivity contribution in [3.63, 3.8) is 0 Å². The Morgan fingerprint density at radius 2 is 2.17 bits per heavy atom. The summed E-state index contributed by atoms with van der Waals surface area (Å²) in [6.45, 7) is 2.39. The third kappa shape index (κ3) is 5.46. The van der Waals surface area contributed by atoms with Gasteiger partial charge in [0.05, 0.1) is 16.7 Å². The molecule has 0 bridgehead atoms. The molecule has 0 aromatic heterocycles. The maximum absolute atomic E-state index is 7.58. The Kier molecular flexibility index (Phi) is 6.81. The van der Waals surface area contributed by atoms with Crippen molar-refractivity contribution in [3.8, 4) is 0 Å². The van der Waals surface area contributed by atoms with E-state index >= 15 is 0 Å². The van der Waals surface area contributed by atoms with Crippen molar-refractivity contribution in [2.24, 2.45) is 0 Å². The van der Waals surface area contributed by atoms with Crippen molar-refractivity contribution in [1.29, 1.82) is 5.41 Å². The monoisotopic (exact) mass is 398 g/mol. The number of anilines is 1. The Labute approximate surface area is 130 Å². The molecule has 3 nitrogen and oxygen atoms in total. The third-order valence-corrected chi connectivity index (χ3v) is 3.12. The number of benzene rings is 1. The molecule has 1 rings (SSSR count). The van der Waals surface area contributed by atoms with Crippen LogP contribution in [0.2, 0.25) is 10.0 Å². The van der Waals surface area contributed by atoms with E-state index in [2.05, 4.69) is 27.9 Å². The predicted octanol–water partition coefficient (Wildman–Crippen LogP) is 4.74. The summed E-state index contributed by atoms with van der Waals surface area (Å²) in [5.41, 5.74) is 1.62. The lowest BCUT2D eigenvalue weighted by atomic mass is 10.3. The molecule has 18 heavy (non-hydrogen) atoms. The van der Waals surface area contributed by atoms with Gasteiger partial charge >= 0.3 is 0 Å². The standard InChI is InChI=1S/C12H13Cl2IN2O/c1-8(6-12(16)18-5-4-15)17-9-2-3-10(13)11(14)7-9/h2-3,6-7,16-17H,4-5H2,1H3/b8-6-,16-12?. The van der Waals surface area contributed by atoms with Gasteiger partial charge in [-0.2, -0.15) is 0 Å². The maximum atomic E-state index is 7.58. The topological polar surface area (TPSA) is 45.1 Å². The van der Waals surface area contributed by atoms with Gasteiger partial charge in [0.15, 0.2) is 0 Å². The van der Waals surface area contributed by atoms with E-state index in [1.165, 1.54) is 0 Å². The van der Waals surface area contributed by atoms with Gasteiger partial charge in [-0.3, -0.25) is 5.41 Å². The second-order valence-electron chi connectivity index (χ2n) is 3.48. The zero-order valence-electron chi connectivity index (χ0n) is 9.77. The number of alkyl halides is 1. The van der Waals surface area contributed by atoms with Crippen LogP contribution in [0.5, 0.6) is 0 Å². The quantitative estimate of drug-likeness (QED) is 0.325. The summed E-state index contributed by atoms with van der Waals surface area (Å²) in [7, 11) is 0. The van der Waals surface area contributed by atoms with Gasteiger partial charge < -0.3 is 10.1 Å². The van der Waals surface area contributed by atoms with E-state index in [1.54, 1.807) is 18.2 Å². The van der Waals surface area contributed by atoms with Gasteiger partial charge in [0, 0.05) is 21.9 Å². The molecule has 0 amide bonds. The normalized spacial score (nSPS) is 11.2. The van der Waals surface area contributed by atoms with Crippen LogP contribution in [-0.2, 0) is 4.74 Å². The Balaban J connectivity index is 2.63. The zero-order valence-corrected chi connectivity index (χ0v) is 13.4. The molecule has 0 saturated carbocycles. The van der Waals surface area contributed by atoms with Crippen molar-refractivity contribution < 1.29 is 4.74 Å². The Morgan fingerprint density at radius 3 is 2.78 bits per heavy atom. The van der Waals surface area contributed by atoms with E-state index in [9.17, 15) is 0 Å². The van der Waals surface area contributed by atoms with Crippen LogP contribution < -0.4 is 5.32 Å². The number of ether oxygens (including phenoxy) is 1. The lowest BCUT2D eigenvalue weighted by Crippen LogP contribution is -2.05. The highest BCUT2D eigenvalue weighted by molar-refractivity contribution is 14.1. The lowest BCUT2D eigenvalue weighted by Gasteiger charge is -2.08. The molecule has 0 heterocycles. The van der Waals surface area contributed by atoms with Crippen molar-refractivity contribution in [2.75, 3.05) is 16.4 Å². The molecule has 0 aliphatic carbocycles. The molecule has 0 fully saturated rings. The number of halogens is 3. The molecule has 0 unspecified atom stereocenters. The number of allylic oxidation sites excluding steroid dienone is 1. The van der Waals surface area contributed by atoms with E-state index in [0.29, 0.717) is 16.7 Å². The first-order chi connectivity index (χ1) is 8.52. The Hall–Kier alpha value is -0.460. The molecule has 0 aliphatic rings. The van der Waals surface area contributed by atoms with Crippen LogP contribution in [0.25, 0.3) is 0 Å². The summed E-state index contributed by atoms with van der Waals surface area (Å²) in [5.74, 6) is 0.136. The molecule has 0 atom stereocenters. The predicted molar refractivity (Wildman–Crippen MR) is 86.4 cm³/mol. The lowest BCUT2D eigenvalue weighted by molar-refractivity contribution is 0.333. The maximum Gasteiger partial charge on any atom is 0.207 e. The first-order valence-corrected chi connectivity index (χ1v) is 7.48. The summed E-state index contributed by atoms with van der Waals surface area (Å²) < 4.78 is 6.01. The van der Waals surface area contributed by atoms with E-state index < -0.39 is 0 Å². The molecule has 0 saturated heterocycles. The molecule has 1 aromatic carbocycles. The summed E-state index contributed by atoms with van der Waals surface area (Å²) >= 11 is 13.9. The fourth-order valence-electron chi connectivity index (χ4n) is 1.22. The molecule has 1 aromatic rings. The minimum atomic E-state index is 0.136. The summed E-state index contributed by atoms with van der Waals surface area (Å²) in [6, 6.07) is 5.27. The van der Waals surface area contributed by atoms with E-state index in [4.69, 9.17) is 33.3 Å². The first-order valence-electron chi connectivity index (χ1n) is 5.20. The van der Waals surface area contributed by atoms with E-state index in [-0.39, 0.29) is 5.90 Å². The van der Waals surface area contributed by atoms with Crippen molar-refractivity contribution in [2.45, 2.75) is 6.92 Å². The number of hydrogen-bond acceptors (Lipinski definition) is 3. The fourth-order valence-corrected chi connectivity index (χ4v) is 1.74. The molecular formula is C12H13Cl2IN2O. The first kappa shape index (κ1) is 15.6. The van der Waals surface area contributed by atoms with Gasteiger partial charge in [0.25, 0.3) is 0 Å². The van der Waals surface area contributed by atoms with Crippen LogP contribution in [-0.4, -0.2) is 16.9 Å². The number of nitrogens with one attached hydrogen (secondary N) is 2. The van der Waals surface area contributed by atoms with E-state index in [1.807, 2.05) is 13.0 Å². The fraction of sp³-hybridized carbons (Fsp3) is 0.250. The van der Waals surface area contributed by atoms with Crippen LogP contribution in [0.4, 0.5) is 5.69 Å². The molecule has 6 heteroatoms. The zero-order chi connectivity index (χ0) is 13.5. The SMILES string of the molecule is C/C(=C/C(=N)OCCI)Nc1ccc(Cl)c(Cl)c1. The van der Waals surface area contributed by atoms with Gasteiger partial charge in [0.2, 0.25) is 5.90 Å². The smallest absolute Gasteiger partial charge is 0.207 e. The van der Waals surface area contributed by atoms with E-state index in [0.717, 1.165) is 15.8 Å². The number of hydrogen-bond donors (Lipinski definition) is 2. The van der Waals surface area contributed by atoms with Crippen molar-refractivity contribution >= 4 is 57.4 Å². The molecule has 0 aliphatic heterocycles. The summed E-state index contributed by atoms with van der Waals surface area (Å²) in [4.78, 5) is 0. The van der Waals surface area contributed by atoms with Crippen LogP contribution in [0.15, 0.2) is 30.0 Å². The average molecular weight is 399 g/mol. The van der Waals surface area contributed by atoms with Gasteiger partial charge in [0.1, 0.15) is 0 Å². The average Bonchev–Trinajstić information content (AvgIpc) is 2.31. The number of rotatable bonds is 5. The van der Waals surface area contributed by atoms with Crippen LogP contribution in [0, 0.1) is 5.41 Å². The molecule has 98 valence electrons. The molecular weight excluding hydrogens is 386 g/mol. The Morgan fingerprint density at radius 1 is 1.44 bits per heavy atom. The molecule has 0 radical (unpaired) electrons. The highest BCUT2D eigenvalue weighted by Crippen LogP contribution is 2.25. The minimum Gasteiger partial charge on any atom is -0.477 e. The van der Waals surface area contributed by atoms with Crippen molar-refractivity contribution in [3.05, 3.63) is 40.0 Å². The van der Waals surface area contributed by atoms with Gasteiger partial charge in [-0.1, -0.05) is 45.8 Å². The second-order valence-corrected chi connectivity index (χ2v) is 5.38. The third-order valence-electron chi connectivity index (χ3n) is 1.94. The van der Waals surface area contributed by atoms with Crippen LogP contribution in [0.1, 0.15) is 6.92 Å². The highest BCUT2D eigenvalue weighted by atomic mass is 127. The second kappa shape index (κ2) is 7.86. The van der Waals surface area contributed by atoms with Gasteiger partial charge in [-0.05, 0) is 25.1 Å². The Bertz CT molecular complexity index is 463. The van der Waals surface area contributed by atoms with Crippen LogP contribution >= 0.6 is 45.8 Å². The van der Waals surface area contributed by atoms with Crippen molar-refractivity contribution in [1.82, 2.24) is 0 Å². The van der Waals surface area contributed by atoms with Gasteiger partial charge in [-0.25, -0.2) is 0 Å². The van der Waals surface area contributed by atoms with Gasteiger partial charge in [-0.15, -0.1) is 0 Å². The summed E-state index contributed by atoms with van der Waals surface area (Å²) in [5, 5.41) is 11.7.